The highest BCUT2D eigenvalue weighted by Crippen LogP contribution is 2.36. The zero-order chi connectivity index (χ0) is 15.6. The average molecular weight is 323 g/mol. The molecule has 0 aliphatic rings. The van der Waals surface area contributed by atoms with Crippen molar-refractivity contribution in [2.24, 2.45) is 0 Å². The summed E-state index contributed by atoms with van der Waals surface area (Å²) in [6, 6.07) is 11.7. The molecule has 21 heavy (non-hydrogen) atoms. The minimum atomic E-state index is 0.282. The quantitative estimate of drug-likeness (QED) is 0.586. The van der Waals surface area contributed by atoms with Gasteiger partial charge in [-0.1, -0.05) is 63.0 Å². The van der Waals surface area contributed by atoms with Gasteiger partial charge in [0.05, 0.1) is 0 Å². The van der Waals surface area contributed by atoms with E-state index in [0.29, 0.717) is 21.7 Å². The third-order valence-corrected chi connectivity index (χ3v) is 4.04. The maximum Gasteiger partial charge on any atom is 0.130 e. The first-order valence-electron chi connectivity index (χ1n) is 7.15. The van der Waals surface area contributed by atoms with Crippen molar-refractivity contribution < 1.29 is 4.74 Å². The first-order chi connectivity index (χ1) is 9.88. The summed E-state index contributed by atoms with van der Waals surface area (Å²) in [7, 11) is 0. The van der Waals surface area contributed by atoms with Crippen LogP contribution in [0.2, 0.25) is 10.0 Å². The van der Waals surface area contributed by atoms with Crippen molar-refractivity contribution in [3.05, 3.63) is 57.6 Å². The topological polar surface area (TPSA) is 9.23 Å². The molecule has 0 aliphatic heterocycles. The number of hydrogen-bond donors (Lipinski definition) is 0. The van der Waals surface area contributed by atoms with Gasteiger partial charge in [-0.3, -0.25) is 0 Å². The number of benzene rings is 2. The van der Waals surface area contributed by atoms with Crippen molar-refractivity contribution in [1.82, 2.24) is 0 Å². The Hall–Kier alpha value is -1.18. The monoisotopic (exact) mass is 322 g/mol. The maximum absolute atomic E-state index is 6.30. The van der Waals surface area contributed by atoms with Gasteiger partial charge in [-0.15, -0.1) is 0 Å². The molecule has 0 saturated heterocycles. The smallest absolute Gasteiger partial charge is 0.130 e. The molecule has 0 saturated carbocycles. The van der Waals surface area contributed by atoms with E-state index in [1.54, 1.807) is 0 Å². The number of halogens is 2. The molecule has 0 aromatic heterocycles. The van der Waals surface area contributed by atoms with Gasteiger partial charge in [0.25, 0.3) is 0 Å². The van der Waals surface area contributed by atoms with Gasteiger partial charge in [0.2, 0.25) is 0 Å². The summed E-state index contributed by atoms with van der Waals surface area (Å²) in [5, 5.41) is 1.29. The van der Waals surface area contributed by atoms with Crippen LogP contribution in [0.5, 0.6) is 11.5 Å². The predicted octanol–water partition coefficient (Wildman–Crippen LogP) is 7.03. The lowest BCUT2D eigenvalue weighted by atomic mass is 10.0. The lowest BCUT2D eigenvalue weighted by Gasteiger charge is -2.14. The van der Waals surface area contributed by atoms with Crippen LogP contribution in [0.4, 0.5) is 0 Å². The molecule has 2 aromatic rings. The normalized spacial score (nSPS) is 11.2. The number of ether oxygens (including phenoxy) is 1. The van der Waals surface area contributed by atoms with Crippen molar-refractivity contribution in [2.45, 2.75) is 39.5 Å². The predicted molar refractivity (Wildman–Crippen MR) is 91.2 cm³/mol. The van der Waals surface area contributed by atoms with E-state index < -0.39 is 0 Å². The molecular weight excluding hydrogens is 303 g/mol. The Kier molecular flexibility index (Phi) is 5.18. The Labute approximate surface area is 136 Å². The lowest BCUT2D eigenvalue weighted by molar-refractivity contribution is 0.482. The van der Waals surface area contributed by atoms with E-state index in [1.807, 2.05) is 24.3 Å². The van der Waals surface area contributed by atoms with Gasteiger partial charge in [-0.05, 0) is 47.2 Å². The molecule has 2 aromatic carbocycles. The molecule has 2 rings (SSSR count). The summed E-state index contributed by atoms with van der Waals surface area (Å²) >= 11 is 12.6. The van der Waals surface area contributed by atoms with Gasteiger partial charge < -0.3 is 4.74 Å². The van der Waals surface area contributed by atoms with Crippen molar-refractivity contribution in [2.75, 3.05) is 0 Å². The second-order valence-electron chi connectivity index (χ2n) is 5.78. The van der Waals surface area contributed by atoms with Crippen LogP contribution in [0.3, 0.4) is 0 Å². The fraction of sp³-hybridized carbons (Fsp3) is 0.333. The van der Waals surface area contributed by atoms with Crippen LogP contribution in [-0.2, 0) is 0 Å². The molecular formula is C18H20Cl2O. The molecule has 1 nitrogen and oxygen atoms in total. The van der Waals surface area contributed by atoms with Gasteiger partial charge >= 0.3 is 0 Å². The highest BCUT2D eigenvalue weighted by Gasteiger charge is 2.12. The van der Waals surface area contributed by atoms with Crippen LogP contribution >= 0.6 is 23.2 Å². The summed E-state index contributed by atoms with van der Waals surface area (Å²) in [6.45, 7) is 8.47. The SMILES string of the molecule is CC(C)c1ccc(Oc2cc(Cl)c(C(C)C)c(Cl)c2)cc1. The fourth-order valence-electron chi connectivity index (χ4n) is 2.23. The molecule has 0 atom stereocenters. The maximum atomic E-state index is 6.30. The number of hydrogen-bond acceptors (Lipinski definition) is 1. The van der Waals surface area contributed by atoms with E-state index in [2.05, 4.69) is 39.8 Å². The summed E-state index contributed by atoms with van der Waals surface area (Å²) in [4.78, 5) is 0. The Morgan fingerprint density at radius 1 is 0.762 bits per heavy atom. The van der Waals surface area contributed by atoms with Crippen LogP contribution in [0.15, 0.2) is 36.4 Å². The molecule has 112 valence electrons. The van der Waals surface area contributed by atoms with Crippen LogP contribution in [0, 0.1) is 0 Å². The van der Waals surface area contributed by atoms with E-state index in [0.717, 1.165) is 11.3 Å². The average Bonchev–Trinajstić information content (AvgIpc) is 2.37. The third-order valence-electron chi connectivity index (χ3n) is 3.41. The molecule has 3 heteroatoms. The summed E-state index contributed by atoms with van der Waals surface area (Å²) in [6.07, 6.45) is 0. The summed E-state index contributed by atoms with van der Waals surface area (Å²) < 4.78 is 5.84. The molecule has 0 amide bonds. The Balaban J connectivity index is 2.24. The van der Waals surface area contributed by atoms with Gasteiger partial charge in [-0.25, -0.2) is 0 Å². The van der Waals surface area contributed by atoms with Gasteiger partial charge in [0.1, 0.15) is 11.5 Å². The van der Waals surface area contributed by atoms with E-state index in [9.17, 15) is 0 Å². The van der Waals surface area contributed by atoms with E-state index in [-0.39, 0.29) is 5.92 Å². The summed E-state index contributed by atoms with van der Waals surface area (Å²) in [5.74, 6) is 2.23. The van der Waals surface area contributed by atoms with Gasteiger partial charge in [0.15, 0.2) is 0 Å². The molecule has 0 aliphatic carbocycles. The molecule has 0 fully saturated rings. The Morgan fingerprint density at radius 2 is 1.29 bits per heavy atom. The molecule has 0 radical (unpaired) electrons. The molecule has 0 bridgehead atoms. The third kappa shape index (κ3) is 3.93. The van der Waals surface area contributed by atoms with Crippen molar-refractivity contribution in [3.8, 4) is 11.5 Å². The first-order valence-corrected chi connectivity index (χ1v) is 7.90. The molecule has 0 spiro atoms. The fourth-order valence-corrected chi connectivity index (χ4v) is 3.13. The van der Waals surface area contributed by atoms with Crippen molar-refractivity contribution >= 4 is 23.2 Å². The molecule has 0 unspecified atom stereocenters. The van der Waals surface area contributed by atoms with E-state index >= 15 is 0 Å². The lowest BCUT2D eigenvalue weighted by Crippen LogP contribution is -1.93. The zero-order valence-electron chi connectivity index (χ0n) is 12.8. The molecule has 0 heterocycles. The second-order valence-corrected chi connectivity index (χ2v) is 6.60. The largest absolute Gasteiger partial charge is 0.457 e. The van der Waals surface area contributed by atoms with Gasteiger partial charge in [-0.2, -0.15) is 0 Å². The Bertz CT molecular complexity index is 593. The van der Waals surface area contributed by atoms with E-state index in [4.69, 9.17) is 27.9 Å². The van der Waals surface area contributed by atoms with Crippen LogP contribution in [-0.4, -0.2) is 0 Å². The number of rotatable bonds is 4. The Morgan fingerprint density at radius 3 is 1.71 bits per heavy atom. The standard InChI is InChI=1S/C18H20Cl2O/c1-11(2)13-5-7-14(8-6-13)21-15-9-16(19)18(12(3)4)17(20)10-15/h5-12H,1-4H3. The molecule has 0 N–H and O–H groups in total. The highest BCUT2D eigenvalue weighted by atomic mass is 35.5. The zero-order valence-corrected chi connectivity index (χ0v) is 14.3. The van der Waals surface area contributed by atoms with Gasteiger partial charge in [0, 0.05) is 10.0 Å². The van der Waals surface area contributed by atoms with Crippen LogP contribution in [0.1, 0.15) is 50.7 Å². The van der Waals surface area contributed by atoms with Crippen molar-refractivity contribution in [3.63, 3.8) is 0 Å². The van der Waals surface area contributed by atoms with Crippen molar-refractivity contribution in [1.29, 1.82) is 0 Å². The first kappa shape index (κ1) is 16.2. The van der Waals surface area contributed by atoms with E-state index in [1.165, 1.54) is 5.56 Å². The minimum absolute atomic E-state index is 0.282. The van der Waals surface area contributed by atoms with Crippen LogP contribution in [0.25, 0.3) is 0 Å². The highest BCUT2D eigenvalue weighted by molar-refractivity contribution is 6.36. The minimum Gasteiger partial charge on any atom is -0.457 e. The summed E-state index contributed by atoms with van der Waals surface area (Å²) in [5.41, 5.74) is 2.24. The second kappa shape index (κ2) is 6.72. The van der Waals surface area contributed by atoms with Crippen LogP contribution < -0.4 is 4.74 Å².